The summed E-state index contributed by atoms with van der Waals surface area (Å²) >= 11 is 0. The Morgan fingerprint density at radius 3 is 2.60 bits per heavy atom. The summed E-state index contributed by atoms with van der Waals surface area (Å²) in [4.78, 5) is 17.0. The zero-order chi connectivity index (χ0) is 17.6. The predicted molar refractivity (Wildman–Crippen MR) is 96.5 cm³/mol. The van der Waals surface area contributed by atoms with Gasteiger partial charge in [-0.05, 0) is 45.9 Å². The highest BCUT2D eigenvalue weighted by Crippen LogP contribution is 2.42. The molecule has 4 rings (SSSR count). The first-order valence-electron chi connectivity index (χ1n) is 8.97. The summed E-state index contributed by atoms with van der Waals surface area (Å²) in [5.41, 5.74) is 4.49. The average molecular weight is 339 g/mol. The van der Waals surface area contributed by atoms with Gasteiger partial charge < -0.3 is 9.42 Å². The molecule has 2 aliphatic heterocycles. The highest BCUT2D eigenvalue weighted by atomic mass is 16.5. The molecule has 0 saturated carbocycles. The lowest BCUT2D eigenvalue weighted by molar-refractivity contribution is -0.117. The minimum atomic E-state index is 0.0843. The third-order valence-corrected chi connectivity index (χ3v) is 5.75. The summed E-state index contributed by atoms with van der Waals surface area (Å²) in [6.45, 7) is 9.72. The van der Waals surface area contributed by atoms with Crippen molar-refractivity contribution in [3.05, 3.63) is 46.8 Å². The summed E-state index contributed by atoms with van der Waals surface area (Å²) in [6, 6.07) is 8.27. The van der Waals surface area contributed by atoms with Gasteiger partial charge in [0.15, 0.2) is 0 Å². The monoisotopic (exact) mass is 339 g/mol. The molecule has 25 heavy (non-hydrogen) atoms. The van der Waals surface area contributed by atoms with Gasteiger partial charge in [0, 0.05) is 42.7 Å². The molecule has 2 saturated heterocycles. The van der Waals surface area contributed by atoms with E-state index >= 15 is 0 Å². The first kappa shape index (κ1) is 16.3. The quantitative estimate of drug-likeness (QED) is 0.861. The number of rotatable bonds is 3. The second-order valence-electron chi connectivity index (χ2n) is 7.76. The Bertz CT molecular complexity index is 776. The molecule has 132 valence electrons. The molecule has 1 aromatic carbocycles. The van der Waals surface area contributed by atoms with Crippen LogP contribution in [0.2, 0.25) is 0 Å². The zero-order valence-electron chi connectivity index (χ0n) is 15.2. The Hall–Kier alpha value is -2.14. The predicted octanol–water partition coefficient (Wildman–Crippen LogP) is 3.23. The lowest BCUT2D eigenvalue weighted by Gasteiger charge is -2.24. The van der Waals surface area contributed by atoms with Gasteiger partial charge in [-0.1, -0.05) is 22.9 Å². The molecule has 1 spiro atoms. The standard InChI is InChI=1S/C20H25N3O2/c1-14-4-6-17(7-5-14)23-13-20(10-19(23)24)8-9-22(12-20)11-18-15(2)21-25-16(18)3/h4-7H,8-13H2,1-3H3. The number of amides is 1. The molecule has 0 aliphatic carbocycles. The van der Waals surface area contributed by atoms with Crippen LogP contribution in [-0.2, 0) is 11.3 Å². The number of aryl methyl sites for hydroxylation is 3. The molecule has 5 heteroatoms. The number of hydrogen-bond acceptors (Lipinski definition) is 4. The number of hydrogen-bond donors (Lipinski definition) is 0. The van der Waals surface area contributed by atoms with Gasteiger partial charge in [-0.3, -0.25) is 9.69 Å². The van der Waals surface area contributed by atoms with Crippen LogP contribution in [0, 0.1) is 26.2 Å². The van der Waals surface area contributed by atoms with Crippen LogP contribution in [-0.4, -0.2) is 35.6 Å². The number of carbonyl (C=O) groups excluding carboxylic acids is 1. The van der Waals surface area contributed by atoms with E-state index in [4.69, 9.17) is 4.52 Å². The number of carbonyl (C=O) groups is 1. The second-order valence-corrected chi connectivity index (χ2v) is 7.76. The molecular weight excluding hydrogens is 314 g/mol. The molecule has 1 unspecified atom stereocenters. The van der Waals surface area contributed by atoms with Crippen LogP contribution in [0.4, 0.5) is 5.69 Å². The lowest BCUT2D eigenvalue weighted by Crippen LogP contribution is -2.31. The van der Waals surface area contributed by atoms with Crippen LogP contribution < -0.4 is 4.90 Å². The molecule has 0 bridgehead atoms. The fraction of sp³-hybridized carbons (Fsp3) is 0.500. The minimum absolute atomic E-state index is 0.0843. The van der Waals surface area contributed by atoms with Gasteiger partial charge in [0.25, 0.3) is 0 Å². The molecule has 5 nitrogen and oxygen atoms in total. The Balaban J connectivity index is 1.47. The molecule has 2 fully saturated rings. The van der Waals surface area contributed by atoms with E-state index in [1.54, 1.807) is 0 Å². The van der Waals surface area contributed by atoms with Crippen LogP contribution in [0.25, 0.3) is 0 Å². The lowest BCUT2D eigenvalue weighted by atomic mass is 9.86. The summed E-state index contributed by atoms with van der Waals surface area (Å²) in [5.74, 6) is 1.16. The molecule has 2 aliphatic rings. The third-order valence-electron chi connectivity index (χ3n) is 5.75. The Morgan fingerprint density at radius 1 is 1.16 bits per heavy atom. The van der Waals surface area contributed by atoms with Gasteiger partial charge in [-0.25, -0.2) is 0 Å². The van der Waals surface area contributed by atoms with Gasteiger partial charge in [0.1, 0.15) is 5.76 Å². The Morgan fingerprint density at radius 2 is 1.92 bits per heavy atom. The van der Waals surface area contributed by atoms with Crippen LogP contribution in [0.15, 0.2) is 28.8 Å². The van der Waals surface area contributed by atoms with E-state index in [2.05, 4.69) is 41.2 Å². The third kappa shape index (κ3) is 2.97. The number of benzene rings is 1. The zero-order valence-corrected chi connectivity index (χ0v) is 15.2. The van der Waals surface area contributed by atoms with E-state index in [-0.39, 0.29) is 11.3 Å². The first-order chi connectivity index (χ1) is 12.0. The molecule has 2 aromatic rings. The van der Waals surface area contributed by atoms with Crippen LogP contribution in [0.5, 0.6) is 0 Å². The summed E-state index contributed by atoms with van der Waals surface area (Å²) in [7, 11) is 0. The van der Waals surface area contributed by atoms with E-state index < -0.39 is 0 Å². The van der Waals surface area contributed by atoms with Gasteiger partial charge in [-0.2, -0.15) is 0 Å². The molecule has 3 heterocycles. The fourth-order valence-electron chi connectivity index (χ4n) is 4.24. The normalized spacial score (nSPS) is 24.0. The summed E-state index contributed by atoms with van der Waals surface area (Å²) in [6.07, 6.45) is 1.73. The largest absolute Gasteiger partial charge is 0.361 e. The highest BCUT2D eigenvalue weighted by Gasteiger charge is 2.47. The average Bonchev–Trinajstić information content (AvgIpc) is 3.23. The SMILES string of the molecule is Cc1ccc(N2CC3(CCN(Cc4c(C)noc4C)C3)CC2=O)cc1. The van der Waals surface area contributed by atoms with Crippen molar-refractivity contribution in [3.8, 4) is 0 Å². The van der Waals surface area contributed by atoms with Crippen molar-refractivity contribution in [2.75, 3.05) is 24.5 Å². The van der Waals surface area contributed by atoms with Gasteiger partial charge in [0.05, 0.1) is 5.69 Å². The second kappa shape index (κ2) is 5.99. The number of likely N-dealkylation sites (tertiary alicyclic amines) is 1. The van der Waals surface area contributed by atoms with Gasteiger partial charge in [0.2, 0.25) is 5.91 Å². The van der Waals surface area contributed by atoms with Crippen molar-refractivity contribution < 1.29 is 9.32 Å². The van der Waals surface area contributed by atoms with E-state index in [9.17, 15) is 4.79 Å². The topological polar surface area (TPSA) is 49.6 Å². The molecule has 1 aromatic heterocycles. The Kier molecular flexibility index (Phi) is 3.91. The number of nitrogens with zero attached hydrogens (tertiary/aromatic N) is 3. The van der Waals surface area contributed by atoms with Crippen molar-refractivity contribution in [1.82, 2.24) is 10.1 Å². The van der Waals surface area contributed by atoms with Crippen molar-refractivity contribution in [2.45, 2.75) is 40.2 Å². The van der Waals surface area contributed by atoms with E-state index in [1.165, 1.54) is 11.1 Å². The maximum absolute atomic E-state index is 12.6. The highest BCUT2D eigenvalue weighted by molar-refractivity contribution is 5.96. The van der Waals surface area contributed by atoms with Crippen molar-refractivity contribution >= 4 is 11.6 Å². The number of aromatic nitrogens is 1. The smallest absolute Gasteiger partial charge is 0.227 e. The van der Waals surface area contributed by atoms with Gasteiger partial charge in [-0.15, -0.1) is 0 Å². The molecule has 0 radical (unpaired) electrons. The maximum Gasteiger partial charge on any atom is 0.227 e. The number of anilines is 1. The summed E-state index contributed by atoms with van der Waals surface area (Å²) < 4.78 is 5.29. The van der Waals surface area contributed by atoms with E-state index in [1.807, 2.05) is 18.7 Å². The minimum Gasteiger partial charge on any atom is -0.361 e. The van der Waals surface area contributed by atoms with E-state index in [0.29, 0.717) is 6.42 Å². The van der Waals surface area contributed by atoms with Crippen LogP contribution in [0.1, 0.15) is 35.4 Å². The van der Waals surface area contributed by atoms with Gasteiger partial charge >= 0.3 is 0 Å². The fourth-order valence-corrected chi connectivity index (χ4v) is 4.24. The van der Waals surface area contributed by atoms with Crippen molar-refractivity contribution in [1.29, 1.82) is 0 Å². The molecule has 1 amide bonds. The van der Waals surface area contributed by atoms with Crippen molar-refractivity contribution in [3.63, 3.8) is 0 Å². The van der Waals surface area contributed by atoms with E-state index in [0.717, 1.165) is 49.7 Å². The van der Waals surface area contributed by atoms with Crippen molar-refractivity contribution in [2.24, 2.45) is 5.41 Å². The van der Waals surface area contributed by atoms with Crippen LogP contribution in [0.3, 0.4) is 0 Å². The molecule has 1 atom stereocenters. The maximum atomic E-state index is 12.6. The molecule has 0 N–H and O–H groups in total. The van der Waals surface area contributed by atoms with Crippen LogP contribution >= 0.6 is 0 Å². The first-order valence-corrected chi connectivity index (χ1v) is 8.97. The Labute approximate surface area is 148 Å². The summed E-state index contributed by atoms with van der Waals surface area (Å²) in [5, 5.41) is 4.05. The molecular formula is C20H25N3O2.